The Balaban J connectivity index is 2.54. The Morgan fingerprint density at radius 2 is 1.72 bits per heavy atom. The minimum absolute atomic E-state index is 0.164. The Bertz CT molecular complexity index is 247. The number of aliphatic hydroxyl groups excluding tert-OH is 1. The van der Waals surface area contributed by atoms with Gasteiger partial charge >= 0.3 is 0 Å². The summed E-state index contributed by atoms with van der Waals surface area (Å²) in [5, 5.41) is 13.2. The Labute approximate surface area is 113 Å². The molecule has 0 radical (unpaired) electrons. The molecule has 3 heteroatoms. The van der Waals surface area contributed by atoms with E-state index in [-0.39, 0.29) is 12.1 Å². The predicted octanol–water partition coefficient (Wildman–Crippen LogP) is 2.10. The summed E-state index contributed by atoms with van der Waals surface area (Å²) in [6, 6.07) is 0.937. The quantitative estimate of drug-likeness (QED) is 0.764. The number of nitrogens with zero attached hydrogens (tertiary/aromatic N) is 1. The van der Waals surface area contributed by atoms with Crippen LogP contribution >= 0.6 is 0 Å². The van der Waals surface area contributed by atoms with Crippen molar-refractivity contribution in [1.82, 2.24) is 10.2 Å². The zero-order valence-electron chi connectivity index (χ0n) is 13.0. The van der Waals surface area contributed by atoms with Gasteiger partial charge in [-0.2, -0.15) is 0 Å². The summed E-state index contributed by atoms with van der Waals surface area (Å²) in [4.78, 5) is 2.57. The highest BCUT2D eigenvalue weighted by atomic mass is 16.3. The van der Waals surface area contributed by atoms with Crippen LogP contribution in [0.3, 0.4) is 0 Å². The fraction of sp³-hybridized carbons (Fsp3) is 1.00. The topological polar surface area (TPSA) is 35.5 Å². The van der Waals surface area contributed by atoms with E-state index < -0.39 is 0 Å². The van der Waals surface area contributed by atoms with Crippen LogP contribution in [0.2, 0.25) is 0 Å². The molecule has 0 aromatic carbocycles. The van der Waals surface area contributed by atoms with Crippen LogP contribution in [0.15, 0.2) is 0 Å². The highest BCUT2D eigenvalue weighted by Gasteiger charge is 2.33. The van der Waals surface area contributed by atoms with Crippen molar-refractivity contribution in [2.45, 2.75) is 65.6 Å². The molecule has 1 fully saturated rings. The van der Waals surface area contributed by atoms with E-state index in [1.807, 2.05) is 0 Å². The number of nitrogens with one attached hydrogen (secondary N) is 1. The molecule has 0 aliphatic carbocycles. The first-order valence-corrected chi connectivity index (χ1v) is 7.40. The molecule has 0 aromatic rings. The van der Waals surface area contributed by atoms with Gasteiger partial charge in [-0.25, -0.2) is 0 Å². The summed E-state index contributed by atoms with van der Waals surface area (Å²) in [6.07, 6.45) is 1.00. The highest BCUT2D eigenvalue weighted by Crippen LogP contribution is 2.27. The zero-order valence-corrected chi connectivity index (χ0v) is 13.0. The first-order valence-electron chi connectivity index (χ1n) is 7.40. The molecule has 1 saturated heterocycles. The normalized spacial score (nSPS) is 30.7. The number of likely N-dealkylation sites (tertiary alicyclic amines) is 1. The second kappa shape index (κ2) is 6.36. The van der Waals surface area contributed by atoms with Crippen LogP contribution in [0.5, 0.6) is 0 Å². The van der Waals surface area contributed by atoms with E-state index in [9.17, 15) is 5.11 Å². The Morgan fingerprint density at radius 1 is 1.22 bits per heavy atom. The molecule has 1 heterocycles. The number of hydrogen-bond acceptors (Lipinski definition) is 3. The smallest absolute Gasteiger partial charge is 0.0611 e. The van der Waals surface area contributed by atoms with Crippen LogP contribution in [-0.4, -0.2) is 47.3 Å². The molecule has 0 bridgehead atoms. The van der Waals surface area contributed by atoms with E-state index in [0.717, 1.165) is 18.3 Å². The predicted molar refractivity (Wildman–Crippen MR) is 77.7 cm³/mol. The van der Waals surface area contributed by atoms with Crippen molar-refractivity contribution in [3.63, 3.8) is 0 Å². The van der Waals surface area contributed by atoms with Crippen molar-refractivity contribution >= 4 is 0 Å². The van der Waals surface area contributed by atoms with Crippen LogP contribution in [0.25, 0.3) is 0 Å². The van der Waals surface area contributed by atoms with E-state index in [0.29, 0.717) is 12.1 Å². The third kappa shape index (κ3) is 4.22. The van der Waals surface area contributed by atoms with Gasteiger partial charge in [0.1, 0.15) is 0 Å². The third-order valence-electron chi connectivity index (χ3n) is 4.37. The molecule has 1 rings (SSSR count). The Kier molecular flexibility index (Phi) is 5.63. The zero-order chi connectivity index (χ0) is 13.9. The van der Waals surface area contributed by atoms with E-state index in [4.69, 9.17) is 0 Å². The lowest BCUT2D eigenvalue weighted by molar-refractivity contribution is 0.117. The van der Waals surface area contributed by atoms with Gasteiger partial charge < -0.3 is 15.3 Å². The molecule has 4 unspecified atom stereocenters. The van der Waals surface area contributed by atoms with Gasteiger partial charge in [0.05, 0.1) is 6.61 Å². The molecular formula is C15H32N2O. The van der Waals surface area contributed by atoms with E-state index in [2.05, 4.69) is 51.8 Å². The lowest BCUT2D eigenvalue weighted by Gasteiger charge is -2.36. The molecule has 18 heavy (non-hydrogen) atoms. The lowest BCUT2D eigenvalue weighted by atomic mass is 9.93. The molecule has 0 amide bonds. The van der Waals surface area contributed by atoms with Gasteiger partial charge in [0.2, 0.25) is 0 Å². The van der Waals surface area contributed by atoms with Crippen molar-refractivity contribution in [2.24, 2.45) is 11.8 Å². The summed E-state index contributed by atoms with van der Waals surface area (Å²) in [7, 11) is 0. The minimum atomic E-state index is -0.164. The number of aliphatic hydroxyl groups is 1. The number of hydrogen-bond donors (Lipinski definition) is 2. The van der Waals surface area contributed by atoms with Crippen LogP contribution < -0.4 is 5.32 Å². The Hall–Kier alpha value is -0.120. The van der Waals surface area contributed by atoms with E-state index in [1.54, 1.807) is 0 Å². The van der Waals surface area contributed by atoms with Gasteiger partial charge in [0, 0.05) is 30.7 Å². The first-order chi connectivity index (χ1) is 8.27. The molecule has 0 aromatic heterocycles. The monoisotopic (exact) mass is 256 g/mol. The van der Waals surface area contributed by atoms with Gasteiger partial charge in [-0.3, -0.25) is 0 Å². The first kappa shape index (κ1) is 15.9. The maximum atomic E-state index is 9.65. The van der Waals surface area contributed by atoms with Gasteiger partial charge in [0.15, 0.2) is 0 Å². The third-order valence-corrected chi connectivity index (χ3v) is 4.37. The van der Waals surface area contributed by atoms with E-state index >= 15 is 0 Å². The molecule has 108 valence electrons. The van der Waals surface area contributed by atoms with Crippen molar-refractivity contribution in [3.8, 4) is 0 Å². The van der Waals surface area contributed by atoms with Crippen LogP contribution in [0, 0.1) is 11.8 Å². The lowest BCUT2D eigenvalue weighted by Crippen LogP contribution is -2.52. The summed E-state index contributed by atoms with van der Waals surface area (Å²) < 4.78 is 0. The second-order valence-electron chi connectivity index (χ2n) is 6.98. The van der Waals surface area contributed by atoms with Crippen molar-refractivity contribution in [3.05, 3.63) is 0 Å². The van der Waals surface area contributed by atoms with Crippen LogP contribution in [0.1, 0.15) is 48.0 Å². The van der Waals surface area contributed by atoms with Crippen LogP contribution in [0.4, 0.5) is 0 Å². The van der Waals surface area contributed by atoms with Crippen molar-refractivity contribution in [2.75, 3.05) is 19.7 Å². The van der Waals surface area contributed by atoms with Gasteiger partial charge in [-0.05, 0) is 32.1 Å². The molecule has 4 atom stereocenters. The molecule has 0 saturated carbocycles. The maximum Gasteiger partial charge on any atom is 0.0611 e. The minimum Gasteiger partial charge on any atom is -0.394 e. The standard InChI is InChI=1S/C15H32N2O/c1-11(2)16-15(6,10-18)7-14(5)17-8-12(3)13(4)9-17/h11-14,16,18H,7-10H2,1-6H3. The van der Waals surface area contributed by atoms with Gasteiger partial charge in [0.25, 0.3) is 0 Å². The molecular weight excluding hydrogens is 224 g/mol. The van der Waals surface area contributed by atoms with Crippen molar-refractivity contribution < 1.29 is 5.11 Å². The van der Waals surface area contributed by atoms with Crippen LogP contribution in [-0.2, 0) is 0 Å². The maximum absolute atomic E-state index is 9.65. The Morgan fingerprint density at radius 3 is 2.11 bits per heavy atom. The fourth-order valence-corrected chi connectivity index (χ4v) is 3.18. The molecule has 0 spiro atoms. The summed E-state index contributed by atoms with van der Waals surface area (Å²) >= 11 is 0. The average molecular weight is 256 g/mol. The molecule has 1 aliphatic rings. The molecule has 1 aliphatic heterocycles. The average Bonchev–Trinajstić information content (AvgIpc) is 2.58. The van der Waals surface area contributed by atoms with E-state index in [1.165, 1.54) is 13.1 Å². The van der Waals surface area contributed by atoms with Crippen molar-refractivity contribution in [1.29, 1.82) is 0 Å². The van der Waals surface area contributed by atoms with Gasteiger partial charge in [-0.1, -0.05) is 27.7 Å². The highest BCUT2D eigenvalue weighted by molar-refractivity contribution is 4.91. The largest absolute Gasteiger partial charge is 0.394 e. The number of rotatable bonds is 6. The molecule has 2 N–H and O–H groups in total. The fourth-order valence-electron chi connectivity index (χ4n) is 3.18. The summed E-state index contributed by atoms with van der Waals surface area (Å²) in [5.41, 5.74) is -0.164. The summed E-state index contributed by atoms with van der Waals surface area (Å²) in [5.74, 6) is 1.59. The van der Waals surface area contributed by atoms with Gasteiger partial charge in [-0.15, -0.1) is 0 Å². The molecule has 3 nitrogen and oxygen atoms in total. The second-order valence-corrected chi connectivity index (χ2v) is 6.98. The summed E-state index contributed by atoms with van der Waals surface area (Å²) in [6.45, 7) is 16.0. The SMILES string of the molecule is CC(C)NC(C)(CO)CC(C)N1CC(C)C(C)C1.